The summed E-state index contributed by atoms with van der Waals surface area (Å²) in [4.78, 5) is 13.4. The van der Waals surface area contributed by atoms with Gasteiger partial charge < -0.3 is 16.4 Å². The summed E-state index contributed by atoms with van der Waals surface area (Å²) in [6, 6.07) is 15.9. The Morgan fingerprint density at radius 2 is 1.88 bits per heavy atom. The number of carbonyl (C=O) groups is 1. The lowest BCUT2D eigenvalue weighted by molar-refractivity contribution is -0.141. The molecule has 2 aliphatic rings. The largest absolute Gasteiger partial charge is 0.435 e. The molecule has 5 N–H and O–H groups in total. The number of halogens is 4. The average Bonchev–Trinajstić information content (AvgIpc) is 3.65. The Morgan fingerprint density at radius 3 is 2.54 bits per heavy atom. The van der Waals surface area contributed by atoms with Crippen molar-refractivity contribution in [3.05, 3.63) is 106 Å². The number of hydrogen-bond acceptors (Lipinski definition) is 4. The van der Waals surface area contributed by atoms with Crippen molar-refractivity contribution in [1.82, 2.24) is 20.4 Å². The molecule has 0 radical (unpaired) electrons. The molecule has 2 atom stereocenters. The summed E-state index contributed by atoms with van der Waals surface area (Å²) in [5, 5.41) is 17.4. The van der Waals surface area contributed by atoms with Gasteiger partial charge in [0.15, 0.2) is 5.69 Å². The SMILES string of the molecule is CC1CC(C(NCC2CC2)c2ccccc2)=CC(NC(=O)c2cc(C(F)(F)F)nn2-c2cccc(C(=N)N)c2)=C1F. The summed E-state index contributed by atoms with van der Waals surface area (Å²) in [6.45, 7) is 2.51. The van der Waals surface area contributed by atoms with Gasteiger partial charge in [0, 0.05) is 17.5 Å². The van der Waals surface area contributed by atoms with Crippen molar-refractivity contribution < 1.29 is 22.4 Å². The molecule has 1 aromatic heterocycles. The molecule has 41 heavy (non-hydrogen) atoms. The van der Waals surface area contributed by atoms with Gasteiger partial charge in [-0.3, -0.25) is 10.2 Å². The second kappa shape index (κ2) is 11.3. The first-order chi connectivity index (χ1) is 19.5. The Morgan fingerprint density at radius 1 is 1.15 bits per heavy atom. The molecular weight excluding hydrogens is 536 g/mol. The van der Waals surface area contributed by atoms with E-state index in [2.05, 4.69) is 15.7 Å². The van der Waals surface area contributed by atoms with E-state index in [0.717, 1.165) is 35.2 Å². The van der Waals surface area contributed by atoms with Crippen molar-refractivity contribution in [1.29, 1.82) is 5.41 Å². The van der Waals surface area contributed by atoms with Crippen molar-refractivity contribution in [2.45, 2.75) is 38.4 Å². The van der Waals surface area contributed by atoms with Gasteiger partial charge in [-0.1, -0.05) is 49.4 Å². The molecule has 2 unspecified atom stereocenters. The van der Waals surface area contributed by atoms with Crippen LogP contribution in [0, 0.1) is 17.2 Å². The minimum Gasteiger partial charge on any atom is -0.384 e. The minimum atomic E-state index is -4.83. The summed E-state index contributed by atoms with van der Waals surface area (Å²) in [6.07, 6.45) is -0.528. The smallest absolute Gasteiger partial charge is 0.384 e. The summed E-state index contributed by atoms with van der Waals surface area (Å²) >= 11 is 0. The summed E-state index contributed by atoms with van der Waals surface area (Å²) in [5.41, 5.74) is 5.90. The van der Waals surface area contributed by atoms with Crippen molar-refractivity contribution in [3.63, 3.8) is 0 Å². The van der Waals surface area contributed by atoms with Crippen LogP contribution in [0.2, 0.25) is 0 Å². The van der Waals surface area contributed by atoms with Gasteiger partial charge in [-0.2, -0.15) is 18.3 Å². The third kappa shape index (κ3) is 6.40. The van der Waals surface area contributed by atoms with Crippen LogP contribution in [-0.2, 0) is 6.18 Å². The highest BCUT2D eigenvalue weighted by Gasteiger charge is 2.37. The molecule has 214 valence electrons. The van der Waals surface area contributed by atoms with Crippen molar-refractivity contribution >= 4 is 11.7 Å². The number of nitrogens with one attached hydrogen (secondary N) is 3. The average molecular weight is 567 g/mol. The Kier molecular flexibility index (Phi) is 7.81. The lowest BCUT2D eigenvalue weighted by Gasteiger charge is -2.28. The molecule has 11 heteroatoms. The van der Waals surface area contributed by atoms with Crippen LogP contribution in [-0.4, -0.2) is 28.1 Å². The fourth-order valence-corrected chi connectivity index (χ4v) is 4.90. The first kappa shape index (κ1) is 28.3. The van der Waals surface area contributed by atoms with E-state index in [1.807, 2.05) is 30.3 Å². The van der Waals surface area contributed by atoms with Crippen LogP contribution >= 0.6 is 0 Å². The second-order valence-corrected chi connectivity index (χ2v) is 10.5. The van der Waals surface area contributed by atoms with Gasteiger partial charge >= 0.3 is 6.18 Å². The zero-order valence-corrected chi connectivity index (χ0v) is 22.3. The number of rotatable bonds is 9. The van der Waals surface area contributed by atoms with Crippen LogP contribution in [0.15, 0.2) is 83.8 Å². The molecule has 0 spiro atoms. The molecule has 1 fully saturated rings. The minimum absolute atomic E-state index is 0.0921. The number of nitrogens with two attached hydrogens (primary N) is 1. The van der Waals surface area contributed by atoms with Gasteiger partial charge in [-0.25, -0.2) is 9.07 Å². The van der Waals surface area contributed by atoms with Gasteiger partial charge in [-0.05, 0) is 61.1 Å². The lowest BCUT2D eigenvalue weighted by Crippen LogP contribution is -2.31. The lowest BCUT2D eigenvalue weighted by atomic mass is 9.86. The summed E-state index contributed by atoms with van der Waals surface area (Å²) in [5.74, 6) is -1.78. The number of carbonyl (C=O) groups excluding carboxylic acids is 1. The quantitative estimate of drug-likeness (QED) is 0.149. The van der Waals surface area contributed by atoms with Gasteiger partial charge in [0.05, 0.1) is 17.4 Å². The molecule has 0 bridgehead atoms. The fourth-order valence-electron chi connectivity index (χ4n) is 4.90. The summed E-state index contributed by atoms with van der Waals surface area (Å²) in [7, 11) is 0. The zero-order chi connectivity index (χ0) is 29.3. The van der Waals surface area contributed by atoms with Crippen molar-refractivity contribution in [2.24, 2.45) is 17.6 Å². The number of amidine groups is 1. The Labute approximate surface area is 234 Å². The van der Waals surface area contributed by atoms with E-state index < -0.39 is 35.2 Å². The van der Waals surface area contributed by atoms with Crippen LogP contribution < -0.4 is 16.4 Å². The number of allylic oxidation sites excluding steroid dienone is 2. The Balaban J connectivity index is 1.49. The maximum Gasteiger partial charge on any atom is 0.435 e. The topological polar surface area (TPSA) is 109 Å². The first-order valence-corrected chi connectivity index (χ1v) is 13.3. The van der Waals surface area contributed by atoms with E-state index in [1.165, 1.54) is 24.3 Å². The van der Waals surface area contributed by atoms with Gasteiger partial charge in [0.2, 0.25) is 0 Å². The molecule has 5 rings (SSSR count). The maximum atomic E-state index is 15.4. The number of aromatic nitrogens is 2. The van der Waals surface area contributed by atoms with Crippen LogP contribution in [0.1, 0.15) is 59.5 Å². The van der Waals surface area contributed by atoms with E-state index in [4.69, 9.17) is 11.1 Å². The predicted molar refractivity (Wildman–Crippen MR) is 147 cm³/mol. The molecule has 1 saturated carbocycles. The van der Waals surface area contributed by atoms with Gasteiger partial charge in [-0.15, -0.1) is 0 Å². The monoisotopic (exact) mass is 566 g/mol. The summed E-state index contributed by atoms with van der Waals surface area (Å²) < 4.78 is 57.1. The highest BCUT2D eigenvalue weighted by atomic mass is 19.4. The third-order valence-corrected chi connectivity index (χ3v) is 7.26. The third-order valence-electron chi connectivity index (χ3n) is 7.26. The molecule has 2 aromatic carbocycles. The van der Waals surface area contributed by atoms with E-state index >= 15 is 4.39 Å². The molecule has 1 heterocycles. The van der Waals surface area contributed by atoms with E-state index in [9.17, 15) is 18.0 Å². The molecule has 0 saturated heterocycles. The maximum absolute atomic E-state index is 15.4. The highest BCUT2D eigenvalue weighted by molar-refractivity contribution is 5.96. The van der Waals surface area contributed by atoms with Crippen LogP contribution in [0.25, 0.3) is 5.69 Å². The second-order valence-electron chi connectivity index (χ2n) is 10.5. The molecule has 2 aliphatic carbocycles. The molecular formula is C30H30F4N6O. The number of amides is 1. The number of alkyl halides is 3. The highest BCUT2D eigenvalue weighted by Crippen LogP contribution is 2.37. The van der Waals surface area contributed by atoms with Crippen LogP contribution in [0.3, 0.4) is 0 Å². The standard InChI is InChI=1S/C30H30F4N6O/c1-17-12-21(27(37-16-18-10-11-18)19-6-3-2-4-7-19)14-23(26(17)31)38-29(41)24-15-25(30(32,33)34)39-40(24)22-9-5-8-20(13-22)28(35)36/h2-9,13-15,17-18,27,37H,10-12,16H2,1H3,(H3,35,36)(H,38,41). The Hall–Kier alpha value is -4.25. The van der Waals surface area contributed by atoms with E-state index in [1.54, 1.807) is 13.0 Å². The molecule has 0 aliphatic heterocycles. The first-order valence-electron chi connectivity index (χ1n) is 13.3. The van der Waals surface area contributed by atoms with E-state index in [-0.39, 0.29) is 28.8 Å². The van der Waals surface area contributed by atoms with E-state index in [0.29, 0.717) is 18.4 Å². The molecule has 1 amide bonds. The number of nitrogen functional groups attached to an aromatic ring is 1. The van der Waals surface area contributed by atoms with Crippen LogP contribution in [0.4, 0.5) is 17.6 Å². The molecule has 3 aromatic rings. The van der Waals surface area contributed by atoms with Crippen molar-refractivity contribution in [2.75, 3.05) is 6.54 Å². The number of benzene rings is 2. The predicted octanol–water partition coefficient (Wildman–Crippen LogP) is 5.79. The molecule has 7 nitrogen and oxygen atoms in total. The normalized spacial score (nSPS) is 18.2. The number of hydrogen-bond donors (Lipinski definition) is 4. The van der Waals surface area contributed by atoms with Gasteiger partial charge in [0.1, 0.15) is 17.4 Å². The van der Waals surface area contributed by atoms with Crippen molar-refractivity contribution in [3.8, 4) is 5.69 Å². The number of nitrogens with zero attached hydrogens (tertiary/aromatic N) is 2. The van der Waals surface area contributed by atoms with Gasteiger partial charge in [0.25, 0.3) is 5.91 Å². The Bertz CT molecular complexity index is 1520. The zero-order valence-electron chi connectivity index (χ0n) is 22.3. The van der Waals surface area contributed by atoms with Crippen LogP contribution in [0.5, 0.6) is 0 Å². The fraction of sp³-hybridized carbons (Fsp3) is 0.300.